The number of nitrogens with zero attached hydrogens (tertiary/aromatic N) is 3. The van der Waals surface area contributed by atoms with Crippen molar-refractivity contribution in [2.75, 3.05) is 19.6 Å². The number of benzene rings is 2. The van der Waals surface area contributed by atoms with Crippen molar-refractivity contribution in [3.8, 4) is 34.2 Å². The van der Waals surface area contributed by atoms with E-state index in [0.717, 1.165) is 37.4 Å². The third-order valence-electron chi connectivity index (χ3n) is 6.17. The highest BCUT2D eigenvalue weighted by Crippen LogP contribution is 2.35. The van der Waals surface area contributed by atoms with E-state index in [1.807, 2.05) is 31.2 Å². The van der Waals surface area contributed by atoms with Gasteiger partial charge in [0.25, 0.3) is 0 Å². The van der Waals surface area contributed by atoms with Crippen LogP contribution in [0.5, 0.6) is 11.5 Å². The highest BCUT2D eigenvalue weighted by atomic mass is 16.5. The third kappa shape index (κ3) is 4.68. The molecule has 35 heavy (non-hydrogen) atoms. The number of rotatable bonds is 8. The number of hydrogen-bond acceptors (Lipinski definition) is 7. The van der Waals surface area contributed by atoms with E-state index in [1.54, 1.807) is 42.6 Å². The maximum atomic E-state index is 13.8. The summed E-state index contributed by atoms with van der Waals surface area (Å²) in [6.45, 7) is 7.04. The number of aryl methyl sites for hydroxylation is 1. The van der Waals surface area contributed by atoms with Gasteiger partial charge in [-0.3, -0.25) is 14.7 Å². The van der Waals surface area contributed by atoms with Crippen molar-refractivity contribution in [3.05, 3.63) is 83.6 Å². The molecule has 0 atom stereocenters. The SMILES string of the molecule is CCCN1CC(Oc2ccc(C(=O)c3c(-c4ncccc4C)noc3-c3ccc(O)cc3)cc2)C1. The number of likely N-dealkylation sites (tertiary alicyclic amines) is 1. The van der Waals surface area contributed by atoms with Gasteiger partial charge in [0.2, 0.25) is 0 Å². The second-order valence-electron chi connectivity index (χ2n) is 8.80. The van der Waals surface area contributed by atoms with Gasteiger partial charge in [0, 0.05) is 30.4 Å². The van der Waals surface area contributed by atoms with E-state index in [4.69, 9.17) is 9.26 Å². The molecule has 0 amide bonds. The van der Waals surface area contributed by atoms with E-state index >= 15 is 0 Å². The molecule has 1 aliphatic rings. The number of phenolic OH excluding ortho intramolecular Hbond substituents is 1. The molecule has 2 aromatic carbocycles. The summed E-state index contributed by atoms with van der Waals surface area (Å²) in [4.78, 5) is 20.6. The molecule has 0 spiro atoms. The highest BCUT2D eigenvalue weighted by Gasteiger charge is 2.29. The molecule has 5 rings (SSSR count). The predicted molar refractivity (Wildman–Crippen MR) is 133 cm³/mol. The van der Waals surface area contributed by atoms with Crippen molar-refractivity contribution in [1.82, 2.24) is 15.0 Å². The average molecular weight is 470 g/mol. The Kier molecular flexibility index (Phi) is 6.33. The normalized spacial score (nSPS) is 14.0. The second kappa shape index (κ2) is 9.72. The molecule has 2 aromatic heterocycles. The zero-order valence-electron chi connectivity index (χ0n) is 19.8. The number of carbonyl (C=O) groups is 1. The third-order valence-corrected chi connectivity index (χ3v) is 6.17. The molecule has 7 heteroatoms. The van der Waals surface area contributed by atoms with Crippen LogP contribution >= 0.6 is 0 Å². The topological polar surface area (TPSA) is 88.7 Å². The minimum absolute atomic E-state index is 0.127. The molecule has 1 fully saturated rings. The summed E-state index contributed by atoms with van der Waals surface area (Å²) < 4.78 is 11.7. The van der Waals surface area contributed by atoms with Crippen LogP contribution in [0.4, 0.5) is 0 Å². The predicted octanol–water partition coefficient (Wildman–Crippen LogP) is 5.12. The molecule has 178 valence electrons. The Labute approximate surface area is 204 Å². The molecule has 4 aromatic rings. The van der Waals surface area contributed by atoms with Gasteiger partial charge >= 0.3 is 0 Å². The molecule has 1 saturated heterocycles. The fourth-order valence-electron chi connectivity index (χ4n) is 4.32. The van der Waals surface area contributed by atoms with Gasteiger partial charge in [-0.15, -0.1) is 0 Å². The number of hydrogen-bond donors (Lipinski definition) is 1. The van der Waals surface area contributed by atoms with Crippen LogP contribution in [0.25, 0.3) is 22.7 Å². The standard InChI is InChI=1S/C28H27N3O4/c1-3-15-31-16-23(17-31)34-22-12-8-19(9-13-22)27(33)24-26(25-18(2)5-4-14-29-25)30-35-28(24)20-6-10-21(32)11-7-20/h4-14,23,32H,3,15-17H2,1-2H3. The van der Waals surface area contributed by atoms with Crippen LogP contribution in [0.2, 0.25) is 0 Å². The maximum Gasteiger partial charge on any atom is 0.199 e. The first kappa shape index (κ1) is 22.8. The number of aromatic nitrogens is 2. The van der Waals surface area contributed by atoms with Crippen LogP contribution in [0.3, 0.4) is 0 Å². The van der Waals surface area contributed by atoms with Crippen molar-refractivity contribution < 1.29 is 19.2 Å². The van der Waals surface area contributed by atoms with Gasteiger partial charge in [0.05, 0.1) is 11.3 Å². The van der Waals surface area contributed by atoms with E-state index in [9.17, 15) is 9.90 Å². The first-order chi connectivity index (χ1) is 17.0. The van der Waals surface area contributed by atoms with E-state index in [0.29, 0.717) is 33.8 Å². The zero-order valence-corrected chi connectivity index (χ0v) is 19.8. The Morgan fingerprint density at radius 2 is 1.83 bits per heavy atom. The minimum Gasteiger partial charge on any atom is -0.508 e. The Morgan fingerprint density at radius 3 is 2.51 bits per heavy atom. The fourth-order valence-corrected chi connectivity index (χ4v) is 4.32. The quantitative estimate of drug-likeness (QED) is 0.358. The van der Waals surface area contributed by atoms with E-state index in [2.05, 4.69) is 22.0 Å². The van der Waals surface area contributed by atoms with Crippen LogP contribution < -0.4 is 4.74 Å². The van der Waals surface area contributed by atoms with Gasteiger partial charge in [-0.1, -0.05) is 18.1 Å². The lowest BCUT2D eigenvalue weighted by atomic mass is 9.96. The summed E-state index contributed by atoms with van der Waals surface area (Å²) in [5, 5.41) is 13.9. The number of pyridine rings is 1. The fraction of sp³-hybridized carbons (Fsp3) is 0.250. The summed E-state index contributed by atoms with van der Waals surface area (Å²) in [5.74, 6) is 0.980. The Bertz CT molecular complexity index is 1320. The van der Waals surface area contributed by atoms with Gasteiger partial charge < -0.3 is 14.4 Å². The molecule has 0 saturated carbocycles. The lowest BCUT2D eigenvalue weighted by molar-refractivity contribution is 0.0202. The summed E-state index contributed by atoms with van der Waals surface area (Å²) in [5.41, 5.74) is 3.33. The van der Waals surface area contributed by atoms with Crippen molar-refractivity contribution in [1.29, 1.82) is 0 Å². The highest BCUT2D eigenvalue weighted by molar-refractivity contribution is 6.15. The van der Waals surface area contributed by atoms with E-state index in [-0.39, 0.29) is 17.6 Å². The Hall–Kier alpha value is -3.97. The van der Waals surface area contributed by atoms with Gasteiger partial charge in [-0.25, -0.2) is 0 Å². The number of aromatic hydroxyl groups is 1. The van der Waals surface area contributed by atoms with Crippen LogP contribution in [0.1, 0.15) is 34.8 Å². The largest absolute Gasteiger partial charge is 0.508 e. The molecule has 7 nitrogen and oxygen atoms in total. The smallest absolute Gasteiger partial charge is 0.199 e. The van der Waals surface area contributed by atoms with Gasteiger partial charge in [-0.05, 0) is 80.1 Å². The monoisotopic (exact) mass is 469 g/mol. The Balaban J connectivity index is 1.46. The number of carbonyl (C=O) groups excluding carboxylic acids is 1. The molecule has 0 radical (unpaired) electrons. The van der Waals surface area contributed by atoms with Gasteiger partial charge in [0.1, 0.15) is 23.3 Å². The summed E-state index contributed by atoms with van der Waals surface area (Å²) >= 11 is 0. The van der Waals surface area contributed by atoms with Crippen molar-refractivity contribution in [3.63, 3.8) is 0 Å². The Morgan fingerprint density at radius 1 is 1.09 bits per heavy atom. The number of phenols is 1. The molecular weight excluding hydrogens is 442 g/mol. The van der Waals surface area contributed by atoms with Crippen LogP contribution in [0.15, 0.2) is 71.4 Å². The van der Waals surface area contributed by atoms with Crippen LogP contribution in [-0.4, -0.2) is 51.7 Å². The van der Waals surface area contributed by atoms with Gasteiger partial charge in [-0.2, -0.15) is 0 Å². The number of ketones is 1. The summed E-state index contributed by atoms with van der Waals surface area (Å²) in [6.07, 6.45) is 2.99. The van der Waals surface area contributed by atoms with Crippen LogP contribution in [-0.2, 0) is 0 Å². The zero-order chi connectivity index (χ0) is 24.4. The van der Waals surface area contributed by atoms with Crippen molar-refractivity contribution in [2.24, 2.45) is 0 Å². The maximum absolute atomic E-state index is 13.8. The second-order valence-corrected chi connectivity index (χ2v) is 8.80. The lowest BCUT2D eigenvalue weighted by Gasteiger charge is -2.38. The van der Waals surface area contributed by atoms with Gasteiger partial charge in [0.15, 0.2) is 11.5 Å². The first-order valence-electron chi connectivity index (χ1n) is 11.8. The molecule has 1 aliphatic heterocycles. The molecule has 3 heterocycles. The van der Waals surface area contributed by atoms with E-state index < -0.39 is 0 Å². The van der Waals surface area contributed by atoms with Crippen molar-refractivity contribution >= 4 is 5.78 Å². The van der Waals surface area contributed by atoms with Crippen LogP contribution in [0, 0.1) is 6.92 Å². The minimum atomic E-state index is -0.223. The molecular formula is C28H27N3O4. The summed E-state index contributed by atoms with van der Waals surface area (Å²) in [6, 6.07) is 17.4. The lowest BCUT2D eigenvalue weighted by Crippen LogP contribution is -2.53. The molecule has 0 aliphatic carbocycles. The average Bonchev–Trinajstić information content (AvgIpc) is 3.28. The number of ether oxygens (including phenoxy) is 1. The molecule has 0 unspecified atom stereocenters. The van der Waals surface area contributed by atoms with Crippen molar-refractivity contribution in [2.45, 2.75) is 26.4 Å². The summed E-state index contributed by atoms with van der Waals surface area (Å²) in [7, 11) is 0. The molecule has 0 bridgehead atoms. The van der Waals surface area contributed by atoms with E-state index in [1.165, 1.54) is 0 Å². The first-order valence-corrected chi connectivity index (χ1v) is 11.8. The molecule has 1 N–H and O–H groups in total.